The Morgan fingerprint density at radius 1 is 0.875 bits per heavy atom. The van der Waals surface area contributed by atoms with Crippen molar-refractivity contribution in [1.29, 1.82) is 0 Å². The number of fused-ring (bicyclic) bond motifs is 1. The van der Waals surface area contributed by atoms with Crippen LogP contribution in [0.5, 0.6) is 11.5 Å². The number of amides is 2. The average molecular weight is 681 g/mol. The Labute approximate surface area is 284 Å². The molecule has 2 amide bonds. The molecule has 4 atom stereocenters. The summed E-state index contributed by atoms with van der Waals surface area (Å²) < 4.78 is 39.8. The fourth-order valence-corrected chi connectivity index (χ4v) is 7.10. The highest BCUT2D eigenvalue weighted by molar-refractivity contribution is 7.89. The van der Waals surface area contributed by atoms with Gasteiger partial charge >= 0.3 is 0 Å². The minimum Gasteiger partial charge on any atom is -0.454 e. The number of sulfonamides is 1. The van der Waals surface area contributed by atoms with E-state index < -0.39 is 34.1 Å². The Morgan fingerprint density at radius 3 is 2.17 bits per heavy atom. The molecule has 0 radical (unpaired) electrons. The van der Waals surface area contributed by atoms with E-state index in [9.17, 15) is 23.1 Å². The molecule has 12 heteroatoms. The van der Waals surface area contributed by atoms with Gasteiger partial charge in [-0.3, -0.25) is 9.59 Å². The maximum atomic E-state index is 13.9. The highest BCUT2D eigenvalue weighted by Crippen LogP contribution is 2.35. The van der Waals surface area contributed by atoms with Crippen LogP contribution in [0.15, 0.2) is 83.8 Å². The van der Waals surface area contributed by atoms with Gasteiger partial charge in [0.2, 0.25) is 28.6 Å². The molecule has 3 aromatic rings. The predicted molar refractivity (Wildman–Crippen MR) is 184 cm³/mol. The van der Waals surface area contributed by atoms with Crippen molar-refractivity contribution in [2.75, 3.05) is 26.4 Å². The van der Waals surface area contributed by atoms with E-state index in [1.54, 1.807) is 6.07 Å². The van der Waals surface area contributed by atoms with Crippen molar-refractivity contribution in [2.24, 2.45) is 11.8 Å². The maximum Gasteiger partial charge on any atom is 0.243 e. The van der Waals surface area contributed by atoms with Crippen LogP contribution < -0.4 is 25.4 Å². The normalized spacial score (nSPS) is 15.1. The molecule has 0 saturated carbocycles. The lowest BCUT2D eigenvalue weighted by Gasteiger charge is -2.32. The number of hydrogen-bond donors (Lipinski definition) is 4. The molecule has 0 spiro atoms. The van der Waals surface area contributed by atoms with Crippen molar-refractivity contribution in [1.82, 2.24) is 20.3 Å². The number of aliphatic hydroxyl groups is 1. The molecule has 4 N–H and O–H groups in total. The molecule has 260 valence electrons. The zero-order valence-electron chi connectivity index (χ0n) is 28.1. The summed E-state index contributed by atoms with van der Waals surface area (Å²) in [6.45, 7) is 8.01. The molecular weight excluding hydrogens is 632 g/mol. The van der Waals surface area contributed by atoms with Gasteiger partial charge in [0.1, 0.15) is 6.04 Å². The number of ether oxygens (including phenoxy) is 2. The molecule has 0 aromatic heterocycles. The zero-order valence-corrected chi connectivity index (χ0v) is 28.9. The van der Waals surface area contributed by atoms with Crippen LogP contribution in [0.2, 0.25) is 0 Å². The average Bonchev–Trinajstić information content (AvgIpc) is 3.55. The van der Waals surface area contributed by atoms with E-state index in [0.29, 0.717) is 24.5 Å². The number of carbonyl (C=O) groups is 2. The summed E-state index contributed by atoms with van der Waals surface area (Å²) in [6, 6.07) is 21.8. The van der Waals surface area contributed by atoms with Gasteiger partial charge in [-0.1, -0.05) is 94.8 Å². The summed E-state index contributed by atoms with van der Waals surface area (Å²) in [5, 5.41) is 20.6. The van der Waals surface area contributed by atoms with Crippen LogP contribution in [0.4, 0.5) is 0 Å². The van der Waals surface area contributed by atoms with Crippen LogP contribution in [0.3, 0.4) is 0 Å². The standard InChI is InChI=1S/C36H48N4O7S/c1-5-26(4)35(39-34(42)21-37-20-28-14-10-7-11-15-28)36(43)38-30(18-27-12-8-6-9-13-27)31(41)23-40(22-25(2)3)48(44,45)29-16-17-32-33(19-29)47-24-46-32/h6-17,19,25-26,30-31,35,37,41H,5,18,20-24H2,1-4H3,(H,38,43)(H,39,42)/t26?,30-,31+,35-/m0/s1. The van der Waals surface area contributed by atoms with Crippen molar-refractivity contribution >= 4 is 21.8 Å². The molecule has 0 saturated heterocycles. The van der Waals surface area contributed by atoms with Crippen LogP contribution in [0.1, 0.15) is 45.2 Å². The van der Waals surface area contributed by atoms with Gasteiger partial charge in [-0.25, -0.2) is 8.42 Å². The van der Waals surface area contributed by atoms with Gasteiger partial charge in [-0.2, -0.15) is 4.31 Å². The Morgan fingerprint density at radius 2 is 1.52 bits per heavy atom. The van der Waals surface area contributed by atoms with Gasteiger partial charge in [0.15, 0.2) is 11.5 Å². The minimum absolute atomic E-state index is 0.0103. The monoisotopic (exact) mass is 680 g/mol. The molecule has 0 aliphatic carbocycles. The van der Waals surface area contributed by atoms with E-state index >= 15 is 0 Å². The zero-order chi connectivity index (χ0) is 34.7. The highest BCUT2D eigenvalue weighted by Gasteiger charge is 2.34. The number of aliphatic hydroxyl groups excluding tert-OH is 1. The van der Waals surface area contributed by atoms with Crippen LogP contribution in [-0.2, 0) is 32.6 Å². The van der Waals surface area contributed by atoms with Crippen molar-refractivity contribution in [3.8, 4) is 11.5 Å². The molecule has 4 rings (SSSR count). The largest absolute Gasteiger partial charge is 0.454 e. The minimum atomic E-state index is -4.07. The second-order valence-corrected chi connectivity index (χ2v) is 14.6. The first-order chi connectivity index (χ1) is 23.0. The third-order valence-electron chi connectivity index (χ3n) is 8.30. The second kappa shape index (κ2) is 17.4. The topological polar surface area (TPSA) is 146 Å². The van der Waals surface area contributed by atoms with Crippen LogP contribution in [0.25, 0.3) is 0 Å². The van der Waals surface area contributed by atoms with Crippen molar-refractivity contribution in [2.45, 2.75) is 70.2 Å². The van der Waals surface area contributed by atoms with Crippen molar-refractivity contribution in [3.63, 3.8) is 0 Å². The number of nitrogens with zero attached hydrogens (tertiary/aromatic N) is 1. The third kappa shape index (κ3) is 10.3. The van der Waals surface area contributed by atoms with E-state index in [0.717, 1.165) is 11.1 Å². The number of benzene rings is 3. The highest BCUT2D eigenvalue weighted by atomic mass is 32.2. The second-order valence-electron chi connectivity index (χ2n) is 12.6. The molecule has 0 bridgehead atoms. The van der Waals surface area contributed by atoms with Crippen molar-refractivity contribution < 1.29 is 32.6 Å². The lowest BCUT2D eigenvalue weighted by molar-refractivity contribution is -0.131. The summed E-state index contributed by atoms with van der Waals surface area (Å²) >= 11 is 0. The van der Waals surface area contributed by atoms with E-state index in [1.807, 2.05) is 88.4 Å². The Kier molecular flexibility index (Phi) is 13.4. The van der Waals surface area contributed by atoms with E-state index in [1.165, 1.54) is 16.4 Å². The molecule has 11 nitrogen and oxygen atoms in total. The van der Waals surface area contributed by atoms with Crippen LogP contribution >= 0.6 is 0 Å². The Bertz CT molecular complexity index is 1590. The number of carbonyl (C=O) groups excluding carboxylic acids is 2. The fraction of sp³-hybridized carbons (Fsp3) is 0.444. The lowest BCUT2D eigenvalue weighted by atomic mass is 9.96. The summed E-state index contributed by atoms with van der Waals surface area (Å²) in [5.41, 5.74) is 1.89. The molecule has 1 aliphatic rings. The van der Waals surface area contributed by atoms with Gasteiger partial charge < -0.3 is 30.5 Å². The molecule has 0 fully saturated rings. The van der Waals surface area contributed by atoms with E-state index in [-0.39, 0.29) is 55.5 Å². The quantitative estimate of drug-likeness (QED) is 0.160. The number of nitrogens with one attached hydrogen (secondary N) is 3. The summed E-state index contributed by atoms with van der Waals surface area (Å²) in [5.74, 6) is -0.238. The smallest absolute Gasteiger partial charge is 0.243 e. The first kappa shape index (κ1) is 36.9. The first-order valence-electron chi connectivity index (χ1n) is 16.4. The number of hydrogen-bond acceptors (Lipinski definition) is 8. The summed E-state index contributed by atoms with van der Waals surface area (Å²) in [7, 11) is -4.07. The molecule has 48 heavy (non-hydrogen) atoms. The predicted octanol–water partition coefficient (Wildman–Crippen LogP) is 3.47. The summed E-state index contributed by atoms with van der Waals surface area (Å²) in [6.07, 6.45) is -0.414. The molecular formula is C36H48N4O7S. The third-order valence-corrected chi connectivity index (χ3v) is 10.1. The first-order valence-corrected chi connectivity index (χ1v) is 17.9. The lowest BCUT2D eigenvalue weighted by Crippen LogP contribution is -2.57. The van der Waals surface area contributed by atoms with E-state index in [2.05, 4.69) is 16.0 Å². The molecule has 3 aromatic carbocycles. The van der Waals surface area contributed by atoms with Crippen LogP contribution in [0, 0.1) is 11.8 Å². The Hall–Kier alpha value is -3.97. The van der Waals surface area contributed by atoms with Crippen LogP contribution in [-0.4, -0.2) is 74.3 Å². The molecule has 1 unspecified atom stereocenters. The number of rotatable bonds is 18. The summed E-state index contributed by atoms with van der Waals surface area (Å²) in [4.78, 5) is 26.8. The van der Waals surface area contributed by atoms with Crippen molar-refractivity contribution in [3.05, 3.63) is 90.0 Å². The SMILES string of the molecule is CCC(C)[C@H](NC(=O)CNCc1ccccc1)C(=O)N[C@@H](Cc1ccccc1)[C@H](O)CN(CC(C)C)S(=O)(=O)c1ccc2c(c1)OCO2. The Balaban J connectivity index is 1.51. The van der Waals surface area contributed by atoms with Gasteiger partial charge in [0.25, 0.3) is 0 Å². The maximum absolute atomic E-state index is 13.9. The molecule has 1 aliphatic heterocycles. The van der Waals surface area contributed by atoms with Gasteiger partial charge in [-0.05, 0) is 41.5 Å². The fourth-order valence-electron chi connectivity index (χ4n) is 5.47. The molecule has 1 heterocycles. The van der Waals surface area contributed by atoms with E-state index in [4.69, 9.17) is 9.47 Å². The van der Waals surface area contributed by atoms with Gasteiger partial charge in [0, 0.05) is 25.7 Å². The van der Waals surface area contributed by atoms with Gasteiger partial charge in [0.05, 0.1) is 23.6 Å². The van der Waals surface area contributed by atoms with Gasteiger partial charge in [-0.15, -0.1) is 0 Å².